The van der Waals surface area contributed by atoms with E-state index in [1.807, 2.05) is 11.3 Å². The first-order valence-corrected chi connectivity index (χ1v) is 20.3. The lowest BCUT2D eigenvalue weighted by atomic mass is 10.0. The van der Waals surface area contributed by atoms with E-state index in [9.17, 15) is 0 Å². The molecule has 0 atom stereocenters. The maximum absolute atomic E-state index is 2.49. The van der Waals surface area contributed by atoms with Crippen LogP contribution in [0.5, 0.6) is 0 Å². The number of fused-ring (bicyclic) bond motifs is 9. The smallest absolute Gasteiger partial charge is 0.0788 e. The molecule has 12 aromatic rings. The van der Waals surface area contributed by atoms with Crippen LogP contribution in [0.15, 0.2) is 206 Å². The molecule has 2 nitrogen and oxygen atoms in total. The molecule has 0 amide bonds. The van der Waals surface area contributed by atoms with E-state index in [-0.39, 0.29) is 0 Å². The minimum absolute atomic E-state index is 1.15. The molecule has 0 bridgehead atoms. The van der Waals surface area contributed by atoms with Crippen LogP contribution in [-0.2, 0) is 0 Å². The fourth-order valence-corrected chi connectivity index (χ4v) is 10.0. The van der Waals surface area contributed by atoms with Gasteiger partial charge < -0.3 is 9.13 Å². The van der Waals surface area contributed by atoms with Crippen molar-refractivity contribution in [2.45, 2.75) is 0 Å². The second-order valence-electron chi connectivity index (χ2n) is 15.0. The number of hydrogen-bond acceptors (Lipinski definition) is 1. The van der Waals surface area contributed by atoms with Crippen molar-refractivity contribution in [2.24, 2.45) is 0 Å². The van der Waals surface area contributed by atoms with E-state index in [2.05, 4.69) is 215 Å². The summed E-state index contributed by atoms with van der Waals surface area (Å²) in [6.45, 7) is 0. The summed E-state index contributed by atoms with van der Waals surface area (Å²) in [6.07, 6.45) is 0. The van der Waals surface area contributed by atoms with Gasteiger partial charge >= 0.3 is 0 Å². The van der Waals surface area contributed by atoms with Gasteiger partial charge in [0.05, 0.1) is 22.1 Å². The first-order chi connectivity index (χ1) is 28.2. The fraction of sp³-hybridized carbons (Fsp3) is 0. The lowest BCUT2D eigenvalue weighted by Crippen LogP contribution is -1.99. The predicted molar refractivity (Wildman–Crippen MR) is 244 cm³/mol. The van der Waals surface area contributed by atoms with Crippen molar-refractivity contribution in [1.29, 1.82) is 0 Å². The summed E-state index contributed by atoms with van der Waals surface area (Å²) in [5.74, 6) is 0. The molecule has 57 heavy (non-hydrogen) atoms. The number of rotatable bonds is 5. The van der Waals surface area contributed by atoms with Crippen molar-refractivity contribution in [3.8, 4) is 43.4 Å². The largest absolute Gasteiger partial charge is 0.307 e. The molecular weight excluding hydrogens is 709 g/mol. The number of nitrogens with zero attached hydrogens (tertiary/aromatic N) is 2. The Labute approximate surface area is 333 Å². The van der Waals surface area contributed by atoms with Crippen molar-refractivity contribution < 1.29 is 0 Å². The molecule has 9 aromatic carbocycles. The highest BCUT2D eigenvalue weighted by molar-refractivity contribution is 7.18. The molecule has 266 valence electrons. The molecule has 0 aliphatic carbocycles. The third-order valence-electron chi connectivity index (χ3n) is 11.7. The summed E-state index contributed by atoms with van der Waals surface area (Å²) >= 11 is 1.85. The van der Waals surface area contributed by atoms with Gasteiger partial charge in [-0.05, 0) is 104 Å². The van der Waals surface area contributed by atoms with Crippen molar-refractivity contribution >= 4 is 76.5 Å². The van der Waals surface area contributed by atoms with Gasteiger partial charge in [0.2, 0.25) is 0 Å². The van der Waals surface area contributed by atoms with E-state index >= 15 is 0 Å². The molecule has 0 unspecified atom stereocenters. The second kappa shape index (κ2) is 12.7. The van der Waals surface area contributed by atoms with Gasteiger partial charge in [0.15, 0.2) is 0 Å². The molecule has 0 N–H and O–H groups in total. The molecule has 0 saturated carbocycles. The van der Waals surface area contributed by atoms with E-state index in [1.54, 1.807) is 0 Å². The maximum atomic E-state index is 2.49. The highest BCUT2D eigenvalue weighted by Gasteiger charge is 2.21. The maximum Gasteiger partial charge on any atom is 0.0788 e. The van der Waals surface area contributed by atoms with Crippen molar-refractivity contribution in [3.63, 3.8) is 0 Å². The Hall–Kier alpha value is -7.20. The molecule has 0 aliphatic heterocycles. The zero-order valence-electron chi connectivity index (χ0n) is 30.9. The highest BCUT2D eigenvalue weighted by Crippen LogP contribution is 2.43. The van der Waals surface area contributed by atoms with E-state index < -0.39 is 0 Å². The molecule has 12 rings (SSSR count). The third kappa shape index (κ3) is 5.10. The van der Waals surface area contributed by atoms with Crippen LogP contribution in [0.1, 0.15) is 0 Å². The predicted octanol–water partition coefficient (Wildman–Crippen LogP) is 15.2. The molecule has 0 aliphatic rings. The lowest BCUT2D eigenvalue weighted by molar-refractivity contribution is 1.15. The van der Waals surface area contributed by atoms with E-state index in [0.29, 0.717) is 0 Å². The van der Waals surface area contributed by atoms with Crippen LogP contribution < -0.4 is 0 Å². The Morgan fingerprint density at radius 2 is 0.719 bits per heavy atom. The minimum atomic E-state index is 1.15. The average Bonchev–Trinajstić information content (AvgIpc) is 4.00. The zero-order chi connectivity index (χ0) is 37.5. The Balaban J connectivity index is 1.06. The van der Waals surface area contributed by atoms with Gasteiger partial charge in [-0.1, -0.05) is 146 Å². The standard InChI is InChI=1S/C54H34N2S/c1-3-11-35(12-4-1)37-19-20-40-33-43(25-23-38(40)31-37)55-49-17-9-7-15-45(49)47-27-28-48-46-16-8-10-18-50(46)56(54(48)53(47)55)44-26-24-39-32-42(22-21-41(39)34-44)52-30-29-51(57-52)36-13-5-2-6-14-36/h1-34H. The highest BCUT2D eigenvalue weighted by atomic mass is 32.1. The van der Waals surface area contributed by atoms with Crippen LogP contribution in [0.25, 0.3) is 109 Å². The van der Waals surface area contributed by atoms with Gasteiger partial charge in [0, 0.05) is 42.7 Å². The molecule has 3 heterocycles. The van der Waals surface area contributed by atoms with Crippen LogP contribution in [0.4, 0.5) is 0 Å². The molecule has 3 aromatic heterocycles. The van der Waals surface area contributed by atoms with Crippen molar-refractivity contribution in [2.75, 3.05) is 0 Å². The van der Waals surface area contributed by atoms with Crippen LogP contribution in [0.3, 0.4) is 0 Å². The second-order valence-corrected chi connectivity index (χ2v) is 16.0. The molecular formula is C54H34N2S. The van der Waals surface area contributed by atoms with Crippen molar-refractivity contribution in [1.82, 2.24) is 9.13 Å². The number of aromatic nitrogens is 2. The topological polar surface area (TPSA) is 9.86 Å². The van der Waals surface area contributed by atoms with Gasteiger partial charge in [0.25, 0.3) is 0 Å². The molecule has 0 spiro atoms. The van der Waals surface area contributed by atoms with Gasteiger partial charge in [-0.15, -0.1) is 11.3 Å². The van der Waals surface area contributed by atoms with E-state index in [4.69, 9.17) is 0 Å². The minimum Gasteiger partial charge on any atom is -0.307 e. The van der Waals surface area contributed by atoms with E-state index in [0.717, 1.165) is 11.4 Å². The van der Waals surface area contributed by atoms with Crippen LogP contribution in [0, 0.1) is 0 Å². The van der Waals surface area contributed by atoms with Gasteiger partial charge in [0.1, 0.15) is 0 Å². The van der Waals surface area contributed by atoms with Crippen LogP contribution in [0.2, 0.25) is 0 Å². The number of hydrogen-bond donors (Lipinski definition) is 0. The quantitative estimate of drug-likeness (QED) is 0.166. The molecule has 0 saturated heterocycles. The summed E-state index contributed by atoms with van der Waals surface area (Å²) in [5, 5.41) is 9.91. The van der Waals surface area contributed by atoms with Crippen molar-refractivity contribution in [3.05, 3.63) is 206 Å². The summed E-state index contributed by atoms with van der Waals surface area (Å²) in [5.41, 5.74) is 12.1. The monoisotopic (exact) mass is 742 g/mol. The van der Waals surface area contributed by atoms with Gasteiger partial charge in [-0.2, -0.15) is 0 Å². The Morgan fingerprint density at radius 3 is 1.30 bits per heavy atom. The first kappa shape index (κ1) is 32.1. The van der Waals surface area contributed by atoms with Crippen LogP contribution >= 0.6 is 11.3 Å². The zero-order valence-corrected chi connectivity index (χ0v) is 31.7. The van der Waals surface area contributed by atoms with Gasteiger partial charge in [-0.3, -0.25) is 0 Å². The Kier molecular flexibility index (Phi) is 7.13. The summed E-state index contributed by atoms with van der Waals surface area (Å²) in [6, 6.07) is 75.8. The summed E-state index contributed by atoms with van der Waals surface area (Å²) < 4.78 is 4.99. The Morgan fingerprint density at radius 1 is 0.281 bits per heavy atom. The number of benzene rings is 9. The Bertz CT molecular complexity index is 3510. The summed E-state index contributed by atoms with van der Waals surface area (Å²) in [7, 11) is 0. The SMILES string of the molecule is c1ccc(-c2ccc3cc(-n4c5ccccc5c5ccc6c7ccccc7n(-c7ccc8cc(-c9ccc(-c%10ccccc%10)s9)ccc8c7)c6c54)ccc3c2)cc1. The number of para-hydroxylation sites is 2. The third-order valence-corrected chi connectivity index (χ3v) is 12.9. The average molecular weight is 743 g/mol. The first-order valence-electron chi connectivity index (χ1n) is 19.5. The van der Waals surface area contributed by atoms with Gasteiger partial charge in [-0.25, -0.2) is 0 Å². The molecule has 0 radical (unpaired) electrons. The lowest BCUT2D eigenvalue weighted by Gasteiger charge is -2.14. The fourth-order valence-electron chi connectivity index (χ4n) is 9.00. The normalized spacial score (nSPS) is 11.9. The molecule has 0 fully saturated rings. The van der Waals surface area contributed by atoms with Crippen LogP contribution in [-0.4, -0.2) is 9.13 Å². The van der Waals surface area contributed by atoms with E-state index in [1.165, 1.54) is 97.2 Å². The number of thiophene rings is 1. The summed E-state index contributed by atoms with van der Waals surface area (Å²) in [4.78, 5) is 2.57. The molecule has 3 heteroatoms.